The fourth-order valence-electron chi connectivity index (χ4n) is 3.83. The average molecular weight is 425 g/mol. The van der Waals surface area contributed by atoms with Crippen molar-refractivity contribution < 1.29 is 14.6 Å². The molecule has 11 nitrogen and oxygen atoms in total. The second-order valence-corrected chi connectivity index (χ2v) is 7.58. The van der Waals surface area contributed by atoms with Crippen LogP contribution < -0.4 is 10.2 Å². The summed E-state index contributed by atoms with van der Waals surface area (Å²) in [6.45, 7) is 3.30. The summed E-state index contributed by atoms with van der Waals surface area (Å²) in [5, 5.41) is 15.9. The summed E-state index contributed by atoms with van der Waals surface area (Å²) < 4.78 is 0. The summed E-state index contributed by atoms with van der Waals surface area (Å²) >= 11 is 0. The second kappa shape index (κ2) is 8.56. The van der Waals surface area contributed by atoms with E-state index in [1.807, 2.05) is 19.3 Å². The molecule has 0 saturated carbocycles. The zero-order valence-electron chi connectivity index (χ0n) is 17.2. The first-order valence-corrected chi connectivity index (χ1v) is 9.91. The highest BCUT2D eigenvalue weighted by Gasteiger charge is 2.32. The molecule has 162 valence electrons. The minimum atomic E-state index is -0.639. The van der Waals surface area contributed by atoms with Crippen molar-refractivity contribution in [1.82, 2.24) is 20.0 Å². The Bertz CT molecular complexity index is 1080. The number of fused-ring (bicyclic) bond motifs is 1. The van der Waals surface area contributed by atoms with Gasteiger partial charge in [0.15, 0.2) is 0 Å². The van der Waals surface area contributed by atoms with Crippen LogP contribution in [0.15, 0.2) is 42.9 Å². The molecule has 1 amide bonds. The van der Waals surface area contributed by atoms with Crippen LogP contribution >= 0.6 is 0 Å². The molecule has 3 heterocycles. The summed E-state index contributed by atoms with van der Waals surface area (Å²) in [6.07, 6.45) is 3.57. The maximum atomic E-state index is 12.3. The number of rotatable bonds is 5. The third-order valence-corrected chi connectivity index (χ3v) is 5.58. The van der Waals surface area contributed by atoms with Gasteiger partial charge in [0.05, 0.1) is 16.9 Å². The molecule has 2 atom stereocenters. The lowest BCUT2D eigenvalue weighted by molar-refractivity contribution is -0.384. The molecule has 0 spiro atoms. The predicted molar refractivity (Wildman–Crippen MR) is 115 cm³/mol. The van der Waals surface area contributed by atoms with Crippen LogP contribution in [-0.2, 0) is 4.84 Å². The molecule has 1 aliphatic heterocycles. The SMILES string of the molecule is CC1CCN(OC(=O)Nc2ccc([N+](=O)[O-])cc2)CC1N(C)c1ncnc2[nH]ccc12. The molecule has 31 heavy (non-hydrogen) atoms. The molecule has 2 aromatic heterocycles. The molecule has 2 N–H and O–H groups in total. The quantitative estimate of drug-likeness (QED) is 0.471. The molecule has 1 saturated heterocycles. The smallest absolute Gasteiger partial charge is 0.354 e. The zero-order chi connectivity index (χ0) is 22.0. The number of likely N-dealkylation sites (N-methyl/N-ethyl adjacent to an activating group) is 1. The maximum absolute atomic E-state index is 12.3. The van der Waals surface area contributed by atoms with E-state index in [0.717, 1.165) is 23.3 Å². The van der Waals surface area contributed by atoms with Crippen molar-refractivity contribution in [2.24, 2.45) is 5.92 Å². The van der Waals surface area contributed by atoms with Crippen LogP contribution in [0.25, 0.3) is 11.0 Å². The number of non-ortho nitro benzene ring substituents is 1. The largest absolute Gasteiger partial charge is 0.430 e. The third kappa shape index (κ3) is 4.40. The number of nitrogens with one attached hydrogen (secondary N) is 2. The number of hydroxylamine groups is 2. The first-order chi connectivity index (χ1) is 14.9. The number of H-pyrrole nitrogens is 1. The molecule has 11 heteroatoms. The molecule has 1 aromatic carbocycles. The molecule has 0 radical (unpaired) electrons. The number of nitro groups is 1. The van der Waals surface area contributed by atoms with Gasteiger partial charge in [0.2, 0.25) is 0 Å². The van der Waals surface area contributed by atoms with E-state index in [1.54, 1.807) is 5.06 Å². The van der Waals surface area contributed by atoms with E-state index in [2.05, 4.69) is 32.1 Å². The Morgan fingerprint density at radius 3 is 2.84 bits per heavy atom. The van der Waals surface area contributed by atoms with E-state index in [0.29, 0.717) is 24.7 Å². The van der Waals surface area contributed by atoms with Gasteiger partial charge in [-0.25, -0.2) is 14.8 Å². The Hall–Kier alpha value is -3.73. The Labute approximate surface area is 178 Å². The lowest BCUT2D eigenvalue weighted by atomic mass is 9.93. The highest BCUT2D eigenvalue weighted by molar-refractivity contribution is 5.87. The van der Waals surface area contributed by atoms with Crippen LogP contribution in [-0.4, -0.2) is 57.2 Å². The van der Waals surface area contributed by atoms with Crippen LogP contribution in [0, 0.1) is 16.0 Å². The summed E-state index contributed by atoms with van der Waals surface area (Å²) in [6, 6.07) is 7.60. The normalized spacial score (nSPS) is 19.2. The Morgan fingerprint density at radius 1 is 1.32 bits per heavy atom. The third-order valence-electron chi connectivity index (χ3n) is 5.58. The summed E-state index contributed by atoms with van der Waals surface area (Å²) in [4.78, 5) is 42.0. The standard InChI is InChI=1S/C20H23N7O4/c1-13-8-10-26(31-20(28)24-14-3-5-15(6-4-14)27(29)30)11-17(13)25(2)19-16-7-9-21-18(16)22-12-23-19/h3-7,9,12-13,17H,8,10-11H2,1-2H3,(H,24,28)(H,21,22,23). The van der Waals surface area contributed by atoms with Gasteiger partial charge in [-0.1, -0.05) is 6.92 Å². The summed E-state index contributed by atoms with van der Waals surface area (Å²) in [5.41, 5.74) is 1.15. The predicted octanol–water partition coefficient (Wildman–Crippen LogP) is 3.18. The van der Waals surface area contributed by atoms with Crippen LogP contribution in [0.3, 0.4) is 0 Å². The molecule has 3 aromatic rings. The van der Waals surface area contributed by atoms with Gasteiger partial charge in [0.1, 0.15) is 17.8 Å². The van der Waals surface area contributed by atoms with E-state index < -0.39 is 11.0 Å². The van der Waals surface area contributed by atoms with Gasteiger partial charge in [0.25, 0.3) is 5.69 Å². The minimum Gasteiger partial charge on any atom is -0.354 e. The number of nitrogens with zero attached hydrogens (tertiary/aromatic N) is 5. The number of aromatic amines is 1. The minimum absolute atomic E-state index is 0.0453. The number of carbonyl (C=O) groups excluding carboxylic acids is 1. The van der Waals surface area contributed by atoms with Gasteiger partial charge in [0, 0.05) is 43.7 Å². The topological polar surface area (TPSA) is 130 Å². The fraction of sp³-hybridized carbons (Fsp3) is 0.350. The highest BCUT2D eigenvalue weighted by atomic mass is 16.7. The number of hydrogen-bond donors (Lipinski definition) is 2. The average Bonchev–Trinajstić information content (AvgIpc) is 3.24. The zero-order valence-corrected chi connectivity index (χ0v) is 17.2. The first-order valence-electron chi connectivity index (χ1n) is 9.91. The number of piperidine rings is 1. The number of amides is 1. The van der Waals surface area contributed by atoms with Crippen LogP contribution in [0.1, 0.15) is 13.3 Å². The van der Waals surface area contributed by atoms with Gasteiger partial charge in [-0.05, 0) is 30.5 Å². The molecule has 1 fully saturated rings. The second-order valence-electron chi connectivity index (χ2n) is 7.58. The molecule has 4 rings (SSSR count). The molecule has 0 aliphatic carbocycles. The number of aromatic nitrogens is 3. The number of anilines is 2. The Morgan fingerprint density at radius 2 is 2.10 bits per heavy atom. The van der Waals surface area contributed by atoms with E-state index in [4.69, 9.17) is 4.84 Å². The van der Waals surface area contributed by atoms with Gasteiger partial charge >= 0.3 is 6.09 Å². The lowest BCUT2D eigenvalue weighted by Gasteiger charge is -2.40. The monoisotopic (exact) mass is 425 g/mol. The number of hydrogen-bond acceptors (Lipinski definition) is 8. The summed E-state index contributed by atoms with van der Waals surface area (Å²) in [5.74, 6) is 1.19. The van der Waals surface area contributed by atoms with Crippen molar-refractivity contribution in [3.05, 3.63) is 53.0 Å². The van der Waals surface area contributed by atoms with E-state index in [1.165, 1.54) is 30.6 Å². The van der Waals surface area contributed by atoms with Crippen LogP contribution in [0.5, 0.6) is 0 Å². The number of nitro benzene ring substituents is 1. The maximum Gasteiger partial charge on any atom is 0.430 e. The van der Waals surface area contributed by atoms with Crippen molar-refractivity contribution >= 4 is 34.3 Å². The number of benzene rings is 1. The summed E-state index contributed by atoms with van der Waals surface area (Å²) in [7, 11) is 1.98. The molecular formula is C20H23N7O4. The van der Waals surface area contributed by atoms with Gasteiger partial charge in [-0.3, -0.25) is 15.4 Å². The Kier molecular flexibility index (Phi) is 5.67. The lowest BCUT2D eigenvalue weighted by Crippen LogP contribution is -2.51. The van der Waals surface area contributed by atoms with Gasteiger partial charge in [-0.15, -0.1) is 5.06 Å². The highest BCUT2D eigenvalue weighted by Crippen LogP contribution is 2.28. The van der Waals surface area contributed by atoms with Crippen molar-refractivity contribution in [2.45, 2.75) is 19.4 Å². The molecule has 2 unspecified atom stereocenters. The van der Waals surface area contributed by atoms with Gasteiger partial charge < -0.3 is 14.7 Å². The molecule has 0 bridgehead atoms. The van der Waals surface area contributed by atoms with E-state index in [9.17, 15) is 14.9 Å². The number of carbonyl (C=O) groups is 1. The van der Waals surface area contributed by atoms with Gasteiger partial charge in [-0.2, -0.15) is 0 Å². The van der Waals surface area contributed by atoms with Crippen molar-refractivity contribution in [1.29, 1.82) is 0 Å². The van der Waals surface area contributed by atoms with Crippen molar-refractivity contribution in [2.75, 3.05) is 30.4 Å². The fourth-order valence-corrected chi connectivity index (χ4v) is 3.83. The molecule has 1 aliphatic rings. The van der Waals surface area contributed by atoms with Crippen molar-refractivity contribution in [3.63, 3.8) is 0 Å². The van der Waals surface area contributed by atoms with Crippen molar-refractivity contribution in [3.8, 4) is 0 Å². The van der Waals surface area contributed by atoms with E-state index in [-0.39, 0.29) is 11.7 Å². The molecular weight excluding hydrogens is 402 g/mol. The van der Waals surface area contributed by atoms with Crippen LogP contribution in [0.2, 0.25) is 0 Å². The Balaban J connectivity index is 1.40. The van der Waals surface area contributed by atoms with E-state index >= 15 is 0 Å². The first kappa shape index (κ1) is 20.5. The van der Waals surface area contributed by atoms with Crippen LogP contribution in [0.4, 0.5) is 22.0 Å².